The molecule has 27 heavy (non-hydrogen) atoms. The van der Waals surface area contributed by atoms with Gasteiger partial charge in [-0.15, -0.1) is 0 Å². The molecule has 9 heteroatoms. The summed E-state index contributed by atoms with van der Waals surface area (Å²) in [5.74, 6) is 1.34. The Hall–Kier alpha value is -2.97. The predicted octanol–water partition coefficient (Wildman–Crippen LogP) is 2.28. The van der Waals surface area contributed by atoms with E-state index in [0.717, 1.165) is 5.56 Å². The zero-order valence-electron chi connectivity index (χ0n) is 15.2. The minimum absolute atomic E-state index is 0.0305. The quantitative estimate of drug-likeness (QED) is 0.833. The highest BCUT2D eigenvalue weighted by Gasteiger charge is 2.22. The maximum absolute atomic E-state index is 12.6. The first-order valence-corrected chi connectivity index (χ1v) is 8.51. The van der Waals surface area contributed by atoms with E-state index in [4.69, 9.17) is 0 Å². The third-order valence-corrected chi connectivity index (χ3v) is 4.33. The average Bonchev–Trinajstić information content (AvgIpc) is 2.64. The first-order valence-electron chi connectivity index (χ1n) is 8.51. The molecular weight excluding hydrogens is 356 g/mol. The van der Waals surface area contributed by atoms with E-state index in [0.29, 0.717) is 30.3 Å². The average molecular weight is 377 g/mol. The molecule has 1 aromatic heterocycles. The summed E-state index contributed by atoms with van der Waals surface area (Å²) in [5, 5.41) is 3.10. The lowest BCUT2D eigenvalue weighted by atomic mass is 10.1. The highest BCUT2D eigenvalue weighted by molar-refractivity contribution is 5.82. The van der Waals surface area contributed by atoms with Gasteiger partial charge in [0, 0.05) is 38.3 Å². The SMILES string of the molecule is Cc1ccc(OC(F)F)c(CNc2cc(N3CCN(C)C(=O)C3)ncn2)c1. The van der Waals surface area contributed by atoms with E-state index in [1.54, 1.807) is 30.1 Å². The maximum Gasteiger partial charge on any atom is 0.387 e. The number of nitrogens with zero attached hydrogens (tertiary/aromatic N) is 4. The minimum Gasteiger partial charge on any atom is -0.434 e. The molecule has 1 fully saturated rings. The molecule has 0 atom stereocenters. The van der Waals surface area contributed by atoms with Crippen LogP contribution in [0.2, 0.25) is 0 Å². The van der Waals surface area contributed by atoms with Crippen molar-refractivity contribution >= 4 is 17.5 Å². The van der Waals surface area contributed by atoms with E-state index in [1.165, 1.54) is 12.4 Å². The van der Waals surface area contributed by atoms with E-state index in [-0.39, 0.29) is 24.7 Å². The Kier molecular flexibility index (Phi) is 5.68. The van der Waals surface area contributed by atoms with Crippen LogP contribution in [-0.2, 0) is 11.3 Å². The molecule has 1 aromatic carbocycles. The molecule has 3 rings (SSSR count). The molecule has 2 aromatic rings. The van der Waals surface area contributed by atoms with Gasteiger partial charge in [0.2, 0.25) is 5.91 Å². The molecule has 1 amide bonds. The highest BCUT2D eigenvalue weighted by atomic mass is 19.3. The van der Waals surface area contributed by atoms with Crippen LogP contribution in [0.4, 0.5) is 20.4 Å². The molecular formula is C18H21F2N5O2. The number of anilines is 2. The number of benzene rings is 1. The lowest BCUT2D eigenvalue weighted by Crippen LogP contribution is -2.48. The third-order valence-electron chi connectivity index (χ3n) is 4.33. The normalized spacial score (nSPS) is 14.6. The number of hydrogen-bond donors (Lipinski definition) is 1. The molecule has 7 nitrogen and oxygen atoms in total. The lowest BCUT2D eigenvalue weighted by Gasteiger charge is -2.32. The number of aromatic nitrogens is 2. The fraction of sp³-hybridized carbons (Fsp3) is 0.389. The molecule has 1 aliphatic heterocycles. The van der Waals surface area contributed by atoms with Gasteiger partial charge in [-0.1, -0.05) is 17.7 Å². The van der Waals surface area contributed by atoms with Crippen molar-refractivity contribution in [1.82, 2.24) is 14.9 Å². The number of hydrogen-bond acceptors (Lipinski definition) is 6. The van der Waals surface area contributed by atoms with E-state index < -0.39 is 6.61 Å². The molecule has 1 saturated heterocycles. The summed E-state index contributed by atoms with van der Waals surface area (Å²) in [6, 6.07) is 6.77. The smallest absolute Gasteiger partial charge is 0.387 e. The second kappa shape index (κ2) is 8.15. The predicted molar refractivity (Wildman–Crippen MR) is 97.0 cm³/mol. The number of amides is 1. The molecule has 2 heterocycles. The summed E-state index contributed by atoms with van der Waals surface area (Å²) in [7, 11) is 1.77. The first kappa shape index (κ1) is 18.8. The van der Waals surface area contributed by atoms with E-state index in [1.807, 2.05) is 11.8 Å². The number of piperazine rings is 1. The maximum atomic E-state index is 12.6. The standard InChI is InChI=1S/C18H21F2N5O2/c1-12-3-4-14(27-18(19)20)13(7-12)9-21-15-8-16(23-11-22-15)25-6-5-24(2)17(26)10-25/h3-4,7-8,11,18H,5-6,9-10H2,1-2H3,(H,21,22,23). The lowest BCUT2D eigenvalue weighted by molar-refractivity contribution is -0.129. The topological polar surface area (TPSA) is 70.6 Å². The molecule has 144 valence electrons. The zero-order chi connectivity index (χ0) is 19.4. The number of rotatable bonds is 6. The Bertz CT molecular complexity index is 818. The van der Waals surface area contributed by atoms with Crippen molar-refractivity contribution in [2.75, 3.05) is 36.9 Å². The Morgan fingerprint density at radius 2 is 2.07 bits per heavy atom. The van der Waals surface area contributed by atoms with Gasteiger partial charge in [-0.25, -0.2) is 9.97 Å². The van der Waals surface area contributed by atoms with Crippen molar-refractivity contribution in [3.05, 3.63) is 41.7 Å². The monoisotopic (exact) mass is 377 g/mol. The number of aryl methyl sites for hydroxylation is 1. The number of ether oxygens (including phenoxy) is 1. The Labute approximate surface area is 156 Å². The summed E-state index contributed by atoms with van der Waals surface area (Å²) in [6.45, 7) is 0.834. The molecule has 0 unspecified atom stereocenters. The Morgan fingerprint density at radius 3 is 2.81 bits per heavy atom. The molecule has 0 spiro atoms. The summed E-state index contributed by atoms with van der Waals surface area (Å²) in [5.41, 5.74) is 1.54. The van der Waals surface area contributed by atoms with Gasteiger partial charge in [0.1, 0.15) is 23.7 Å². The number of carbonyl (C=O) groups excluding carboxylic acids is 1. The third kappa shape index (κ3) is 4.81. The number of carbonyl (C=O) groups is 1. The summed E-state index contributed by atoms with van der Waals surface area (Å²) >= 11 is 0. The van der Waals surface area contributed by atoms with Crippen LogP contribution in [-0.4, -0.2) is 54.1 Å². The van der Waals surface area contributed by atoms with Crippen LogP contribution in [0.5, 0.6) is 5.75 Å². The zero-order valence-corrected chi connectivity index (χ0v) is 15.2. The van der Waals surface area contributed by atoms with Gasteiger partial charge in [-0.3, -0.25) is 4.79 Å². The van der Waals surface area contributed by atoms with Gasteiger partial charge in [0.15, 0.2) is 0 Å². The Morgan fingerprint density at radius 1 is 1.26 bits per heavy atom. The van der Waals surface area contributed by atoms with Gasteiger partial charge in [0.05, 0.1) is 6.54 Å². The van der Waals surface area contributed by atoms with Crippen molar-refractivity contribution in [3.63, 3.8) is 0 Å². The second-order valence-corrected chi connectivity index (χ2v) is 6.34. The first-order chi connectivity index (χ1) is 12.9. The fourth-order valence-corrected chi connectivity index (χ4v) is 2.81. The van der Waals surface area contributed by atoms with Crippen molar-refractivity contribution < 1.29 is 18.3 Å². The molecule has 0 saturated carbocycles. The largest absolute Gasteiger partial charge is 0.434 e. The van der Waals surface area contributed by atoms with Crippen LogP contribution in [0, 0.1) is 6.92 Å². The summed E-state index contributed by atoms with van der Waals surface area (Å²) < 4.78 is 29.7. The van der Waals surface area contributed by atoms with E-state index in [9.17, 15) is 13.6 Å². The van der Waals surface area contributed by atoms with Crippen LogP contribution in [0.3, 0.4) is 0 Å². The fourth-order valence-electron chi connectivity index (χ4n) is 2.81. The number of alkyl halides is 2. The van der Waals surface area contributed by atoms with E-state index >= 15 is 0 Å². The molecule has 1 aliphatic rings. The van der Waals surface area contributed by atoms with Crippen LogP contribution >= 0.6 is 0 Å². The number of likely N-dealkylation sites (N-methyl/N-ethyl adjacent to an activating group) is 1. The molecule has 0 aliphatic carbocycles. The van der Waals surface area contributed by atoms with Crippen LogP contribution in [0.25, 0.3) is 0 Å². The Balaban J connectivity index is 1.70. The summed E-state index contributed by atoms with van der Waals surface area (Å²) in [6.07, 6.45) is 1.41. The van der Waals surface area contributed by atoms with Crippen molar-refractivity contribution in [2.45, 2.75) is 20.1 Å². The molecule has 1 N–H and O–H groups in total. The van der Waals surface area contributed by atoms with Crippen LogP contribution in [0.1, 0.15) is 11.1 Å². The summed E-state index contributed by atoms with van der Waals surface area (Å²) in [4.78, 5) is 23.8. The van der Waals surface area contributed by atoms with Crippen molar-refractivity contribution in [3.8, 4) is 5.75 Å². The second-order valence-electron chi connectivity index (χ2n) is 6.34. The number of nitrogens with one attached hydrogen (secondary N) is 1. The molecule has 0 bridgehead atoms. The molecule has 0 radical (unpaired) electrons. The van der Waals surface area contributed by atoms with Crippen molar-refractivity contribution in [1.29, 1.82) is 0 Å². The highest BCUT2D eigenvalue weighted by Crippen LogP contribution is 2.24. The minimum atomic E-state index is -2.88. The van der Waals surface area contributed by atoms with Gasteiger partial charge in [-0.2, -0.15) is 8.78 Å². The van der Waals surface area contributed by atoms with Gasteiger partial charge < -0.3 is 19.9 Å². The number of halogens is 2. The van der Waals surface area contributed by atoms with Crippen LogP contribution in [0.15, 0.2) is 30.6 Å². The van der Waals surface area contributed by atoms with Crippen molar-refractivity contribution in [2.24, 2.45) is 0 Å². The van der Waals surface area contributed by atoms with Gasteiger partial charge in [-0.05, 0) is 13.0 Å². The van der Waals surface area contributed by atoms with Crippen LogP contribution < -0.4 is 15.0 Å². The van der Waals surface area contributed by atoms with Gasteiger partial charge >= 0.3 is 6.61 Å². The van der Waals surface area contributed by atoms with Gasteiger partial charge in [0.25, 0.3) is 0 Å². The van der Waals surface area contributed by atoms with E-state index in [2.05, 4.69) is 20.0 Å².